The van der Waals surface area contributed by atoms with Crippen molar-refractivity contribution < 1.29 is 0 Å². The number of hydrogen-bond acceptors (Lipinski definition) is 0. The second kappa shape index (κ2) is 6.08. The SMILES string of the molecule is C/C1=C(\C)C(C)(C)C2(C)C(C)(C)/C(C)=C(\C)C(C)(C1(C)C)C(C)(C)C(C)(C)C2(C)C. The molecular weight excluding hydrogens is 360 g/mol. The maximum absolute atomic E-state index is 2.62. The fourth-order valence-electron chi connectivity index (χ4n) is 9.00. The highest BCUT2D eigenvalue weighted by molar-refractivity contribution is 5.43. The minimum atomic E-state index is 0.0230. The zero-order chi connectivity index (χ0) is 24.3. The molecule has 0 spiro atoms. The molecule has 0 aromatic heterocycles. The van der Waals surface area contributed by atoms with E-state index >= 15 is 0 Å². The van der Waals surface area contributed by atoms with Gasteiger partial charge in [-0.1, -0.05) is 119 Å². The molecule has 0 radical (unpaired) electrons. The van der Waals surface area contributed by atoms with Crippen LogP contribution >= 0.6 is 0 Å². The molecule has 174 valence electrons. The number of rotatable bonds is 0. The average Bonchev–Trinajstić information content (AvgIpc) is 2.61. The van der Waals surface area contributed by atoms with E-state index in [0.717, 1.165) is 0 Å². The van der Waals surface area contributed by atoms with Crippen LogP contribution < -0.4 is 0 Å². The number of fused-ring (bicyclic) bond motifs is 5. The van der Waals surface area contributed by atoms with Gasteiger partial charge in [-0.3, -0.25) is 0 Å². The Labute approximate surface area is 190 Å². The van der Waals surface area contributed by atoms with Gasteiger partial charge in [0.25, 0.3) is 0 Å². The lowest BCUT2D eigenvalue weighted by molar-refractivity contribution is -0.218. The molecule has 3 rings (SSSR count). The fourth-order valence-corrected chi connectivity index (χ4v) is 9.00. The van der Waals surface area contributed by atoms with E-state index in [-0.39, 0.29) is 43.3 Å². The second-order valence-corrected chi connectivity index (χ2v) is 14.5. The normalized spacial score (nSPS) is 43.4. The van der Waals surface area contributed by atoms with Gasteiger partial charge in [0.1, 0.15) is 0 Å². The van der Waals surface area contributed by atoms with Crippen LogP contribution in [-0.2, 0) is 0 Å². The molecule has 3 aliphatic rings. The number of hydrogen-bond donors (Lipinski definition) is 0. The van der Waals surface area contributed by atoms with Crippen molar-refractivity contribution in [2.75, 3.05) is 0 Å². The largest absolute Gasteiger partial charge is 0.0676 e. The van der Waals surface area contributed by atoms with Crippen LogP contribution in [0.1, 0.15) is 125 Å². The first-order valence-corrected chi connectivity index (χ1v) is 12.2. The summed E-state index contributed by atoms with van der Waals surface area (Å²) in [5.41, 5.74) is 6.89. The standard InChI is InChI=1S/C30H54/c1-19-20(2)24(7,8)30(18)25(9,10)21(3)22(4)29(17,23(19,5)6)27(13,14)26(11,12)28(30,15)16/h1-18H3/b20-19-,22-21+. The van der Waals surface area contributed by atoms with E-state index in [1.807, 2.05) is 0 Å². The third-order valence-electron chi connectivity index (χ3n) is 14.1. The van der Waals surface area contributed by atoms with Gasteiger partial charge < -0.3 is 0 Å². The molecule has 30 heavy (non-hydrogen) atoms. The predicted octanol–water partition coefficient (Wildman–Crippen LogP) is 9.86. The lowest BCUT2D eigenvalue weighted by Crippen LogP contribution is -2.67. The van der Waals surface area contributed by atoms with E-state index in [1.165, 1.54) is 0 Å². The van der Waals surface area contributed by atoms with Crippen molar-refractivity contribution in [3.63, 3.8) is 0 Å². The smallest absolute Gasteiger partial charge is 0.00283 e. The van der Waals surface area contributed by atoms with E-state index in [4.69, 9.17) is 0 Å². The van der Waals surface area contributed by atoms with E-state index in [1.54, 1.807) is 22.3 Å². The Bertz CT molecular complexity index is 818. The Kier molecular flexibility index (Phi) is 5.22. The summed E-state index contributed by atoms with van der Waals surface area (Å²) in [4.78, 5) is 0. The van der Waals surface area contributed by atoms with Crippen molar-refractivity contribution in [3.05, 3.63) is 22.3 Å². The van der Waals surface area contributed by atoms with Crippen molar-refractivity contribution in [2.24, 2.45) is 43.3 Å². The third-order valence-corrected chi connectivity index (χ3v) is 14.1. The topological polar surface area (TPSA) is 0 Å². The maximum atomic E-state index is 2.62. The molecule has 0 amide bonds. The monoisotopic (exact) mass is 414 g/mol. The molecule has 0 fully saturated rings. The molecule has 0 saturated carbocycles. The van der Waals surface area contributed by atoms with Crippen LogP contribution in [0.4, 0.5) is 0 Å². The quantitative estimate of drug-likeness (QED) is 0.346. The Hall–Kier alpha value is -0.520. The van der Waals surface area contributed by atoms with Gasteiger partial charge in [-0.25, -0.2) is 0 Å². The Balaban J connectivity index is 3.48. The molecule has 2 atom stereocenters. The van der Waals surface area contributed by atoms with Gasteiger partial charge in [-0.2, -0.15) is 0 Å². The van der Waals surface area contributed by atoms with E-state index < -0.39 is 0 Å². The maximum Gasteiger partial charge on any atom is 0.00283 e. The molecular formula is C30H54. The second-order valence-electron chi connectivity index (χ2n) is 14.5. The average molecular weight is 415 g/mol. The van der Waals surface area contributed by atoms with Crippen molar-refractivity contribution in [2.45, 2.75) is 125 Å². The van der Waals surface area contributed by atoms with Crippen LogP contribution in [0.25, 0.3) is 0 Å². The van der Waals surface area contributed by atoms with Crippen LogP contribution in [0.3, 0.4) is 0 Å². The summed E-state index contributed by atoms with van der Waals surface area (Å²) < 4.78 is 0. The molecule has 0 heterocycles. The van der Waals surface area contributed by atoms with Gasteiger partial charge in [0.05, 0.1) is 0 Å². The highest BCUT2D eigenvalue weighted by Crippen LogP contribution is 2.80. The molecule has 0 aliphatic heterocycles. The molecule has 3 aliphatic carbocycles. The fraction of sp³-hybridized carbons (Fsp3) is 0.867. The van der Waals surface area contributed by atoms with Gasteiger partial charge in [-0.05, 0) is 65.6 Å². The van der Waals surface area contributed by atoms with Crippen LogP contribution in [0, 0.1) is 43.3 Å². The first-order chi connectivity index (χ1) is 12.9. The summed E-state index contributed by atoms with van der Waals surface area (Å²) in [5.74, 6) is 0. The molecule has 0 heteroatoms. The van der Waals surface area contributed by atoms with Crippen molar-refractivity contribution >= 4 is 0 Å². The van der Waals surface area contributed by atoms with Crippen molar-refractivity contribution in [1.82, 2.24) is 0 Å². The van der Waals surface area contributed by atoms with Gasteiger partial charge in [0.2, 0.25) is 0 Å². The van der Waals surface area contributed by atoms with E-state index in [9.17, 15) is 0 Å². The van der Waals surface area contributed by atoms with Gasteiger partial charge in [0, 0.05) is 5.41 Å². The summed E-state index contributed by atoms with van der Waals surface area (Å²) in [7, 11) is 0. The van der Waals surface area contributed by atoms with Gasteiger partial charge >= 0.3 is 0 Å². The molecule has 0 aromatic carbocycles. The molecule has 0 aromatic rings. The predicted molar refractivity (Wildman–Crippen MR) is 136 cm³/mol. The van der Waals surface area contributed by atoms with Gasteiger partial charge in [-0.15, -0.1) is 0 Å². The summed E-state index contributed by atoms with van der Waals surface area (Å²) in [6.45, 7) is 45.8. The molecule has 0 N–H and O–H groups in total. The Morgan fingerprint density at radius 3 is 1.00 bits per heavy atom. The highest BCUT2D eigenvalue weighted by atomic mass is 14.8. The zero-order valence-electron chi connectivity index (χ0n) is 24.0. The molecule has 2 bridgehead atoms. The molecule has 2 unspecified atom stereocenters. The minimum Gasteiger partial charge on any atom is -0.0676 e. The zero-order valence-corrected chi connectivity index (χ0v) is 24.0. The minimum absolute atomic E-state index is 0.0230. The highest BCUT2D eigenvalue weighted by Gasteiger charge is 2.73. The Morgan fingerprint density at radius 1 is 0.333 bits per heavy atom. The lowest BCUT2D eigenvalue weighted by Gasteiger charge is -2.73. The first kappa shape index (κ1) is 25.7. The summed E-state index contributed by atoms with van der Waals surface area (Å²) in [6, 6.07) is 0. The van der Waals surface area contributed by atoms with Crippen LogP contribution in [-0.4, -0.2) is 0 Å². The number of allylic oxidation sites excluding steroid dienone is 4. The van der Waals surface area contributed by atoms with E-state index in [0.29, 0.717) is 0 Å². The lowest BCUT2D eigenvalue weighted by atomic mass is 9.30. The molecule has 0 saturated heterocycles. The van der Waals surface area contributed by atoms with Crippen LogP contribution in [0.15, 0.2) is 22.3 Å². The van der Waals surface area contributed by atoms with Crippen LogP contribution in [0.2, 0.25) is 0 Å². The summed E-state index contributed by atoms with van der Waals surface area (Å²) in [6.07, 6.45) is 0. The van der Waals surface area contributed by atoms with Crippen molar-refractivity contribution in [3.8, 4) is 0 Å². The van der Waals surface area contributed by atoms with Crippen LogP contribution in [0.5, 0.6) is 0 Å². The van der Waals surface area contributed by atoms with Crippen molar-refractivity contribution in [1.29, 1.82) is 0 Å². The first-order valence-electron chi connectivity index (χ1n) is 12.2. The Morgan fingerprint density at radius 2 is 0.633 bits per heavy atom. The van der Waals surface area contributed by atoms with Gasteiger partial charge in [0.15, 0.2) is 0 Å². The summed E-state index contributed by atoms with van der Waals surface area (Å²) in [5, 5.41) is 0. The third kappa shape index (κ3) is 2.16. The van der Waals surface area contributed by atoms with E-state index in [2.05, 4.69) is 125 Å². The summed E-state index contributed by atoms with van der Waals surface area (Å²) >= 11 is 0. The molecule has 0 nitrogen and oxygen atoms in total.